The average Bonchev–Trinajstić information content (AvgIpc) is 2.78. The molecule has 0 bridgehead atoms. The van der Waals surface area contributed by atoms with Gasteiger partial charge in [0.1, 0.15) is 5.60 Å². The molecule has 1 aliphatic rings. The Morgan fingerprint density at radius 2 is 2.30 bits per heavy atom. The molecule has 2 rings (SSSR count). The molecule has 0 amide bonds. The molecule has 1 aromatic heterocycles. The molecule has 1 saturated carbocycles. The topological polar surface area (TPSA) is 41.3 Å². The van der Waals surface area contributed by atoms with Gasteiger partial charge in [0, 0.05) is 6.54 Å². The van der Waals surface area contributed by atoms with Crippen LogP contribution in [0.3, 0.4) is 0 Å². The third kappa shape index (κ3) is 3.35. The summed E-state index contributed by atoms with van der Waals surface area (Å²) in [4.78, 5) is 2.11. The molecule has 1 fully saturated rings. The molecule has 2 unspecified atom stereocenters. The van der Waals surface area contributed by atoms with E-state index in [1.807, 2.05) is 18.8 Å². The van der Waals surface area contributed by atoms with E-state index in [9.17, 15) is 5.11 Å². The van der Waals surface area contributed by atoms with E-state index in [1.54, 1.807) is 6.20 Å². The number of likely N-dealkylation sites (N-methyl/N-ethyl adjacent to an activating group) is 1. The van der Waals surface area contributed by atoms with Gasteiger partial charge in [-0.1, -0.05) is 31.4 Å². The maximum absolute atomic E-state index is 11.1. The minimum atomic E-state index is -0.807. The second-order valence-corrected chi connectivity index (χ2v) is 6.68. The first-order chi connectivity index (χ1) is 9.46. The molecule has 1 heterocycles. The van der Waals surface area contributed by atoms with E-state index in [0.717, 1.165) is 44.5 Å². The van der Waals surface area contributed by atoms with Gasteiger partial charge in [0.2, 0.25) is 0 Å². The van der Waals surface area contributed by atoms with Crippen molar-refractivity contribution in [2.75, 3.05) is 20.6 Å². The first kappa shape index (κ1) is 15.8. The molecule has 5 heteroatoms. The van der Waals surface area contributed by atoms with E-state index in [1.165, 1.54) is 6.42 Å². The van der Waals surface area contributed by atoms with Crippen LogP contribution in [0.15, 0.2) is 6.20 Å². The van der Waals surface area contributed by atoms with Gasteiger partial charge in [-0.2, -0.15) is 5.10 Å². The summed E-state index contributed by atoms with van der Waals surface area (Å²) in [6, 6.07) is 0. The summed E-state index contributed by atoms with van der Waals surface area (Å²) >= 11 is 6.32. The lowest BCUT2D eigenvalue weighted by Gasteiger charge is -2.37. The molecule has 1 aromatic rings. The summed E-state index contributed by atoms with van der Waals surface area (Å²) in [6.45, 7) is 3.84. The number of rotatable bonds is 5. The summed E-state index contributed by atoms with van der Waals surface area (Å²) in [5.74, 6) is 0.585. The molecule has 0 aromatic carbocycles. The largest absolute Gasteiger partial charge is 0.384 e. The quantitative estimate of drug-likeness (QED) is 0.909. The van der Waals surface area contributed by atoms with Crippen molar-refractivity contribution in [1.82, 2.24) is 14.7 Å². The maximum Gasteiger partial charge on any atom is 0.108 e. The Kier molecular flexibility index (Phi) is 5.10. The zero-order valence-electron chi connectivity index (χ0n) is 12.8. The van der Waals surface area contributed by atoms with Gasteiger partial charge in [-0.05, 0) is 39.3 Å². The Labute approximate surface area is 126 Å². The molecule has 0 aliphatic heterocycles. The van der Waals surface area contributed by atoms with Crippen LogP contribution in [-0.4, -0.2) is 40.4 Å². The Hall–Kier alpha value is -0.580. The van der Waals surface area contributed by atoms with Gasteiger partial charge < -0.3 is 10.0 Å². The summed E-state index contributed by atoms with van der Waals surface area (Å²) in [6.07, 6.45) is 6.64. The Morgan fingerprint density at radius 1 is 1.55 bits per heavy atom. The highest BCUT2D eigenvalue weighted by atomic mass is 35.5. The van der Waals surface area contributed by atoms with E-state index < -0.39 is 5.60 Å². The lowest BCUT2D eigenvalue weighted by Crippen LogP contribution is -2.36. The van der Waals surface area contributed by atoms with Gasteiger partial charge in [0.05, 0.1) is 23.5 Å². The molecule has 4 nitrogen and oxygen atoms in total. The van der Waals surface area contributed by atoms with Gasteiger partial charge in [-0.15, -0.1) is 0 Å². The predicted molar refractivity (Wildman–Crippen MR) is 81.9 cm³/mol. The van der Waals surface area contributed by atoms with Crippen LogP contribution in [0, 0.1) is 5.92 Å². The summed E-state index contributed by atoms with van der Waals surface area (Å²) in [5, 5.41) is 16.1. The Bertz CT molecular complexity index is 446. The zero-order valence-corrected chi connectivity index (χ0v) is 13.5. The summed E-state index contributed by atoms with van der Waals surface area (Å²) in [5.41, 5.74) is 0.0119. The van der Waals surface area contributed by atoms with Crippen molar-refractivity contribution in [2.24, 2.45) is 5.92 Å². The number of hydrogen-bond donors (Lipinski definition) is 1. The third-order valence-corrected chi connectivity index (χ3v) is 4.68. The monoisotopic (exact) mass is 299 g/mol. The molecule has 20 heavy (non-hydrogen) atoms. The fraction of sp³-hybridized carbons (Fsp3) is 0.800. The van der Waals surface area contributed by atoms with Gasteiger partial charge in [-0.3, -0.25) is 4.68 Å². The normalized spacial score (nSPS) is 27.2. The lowest BCUT2D eigenvalue weighted by molar-refractivity contribution is -0.0291. The minimum Gasteiger partial charge on any atom is -0.384 e. The summed E-state index contributed by atoms with van der Waals surface area (Å²) in [7, 11) is 4.07. The highest BCUT2D eigenvalue weighted by Crippen LogP contribution is 2.43. The lowest BCUT2D eigenvalue weighted by atomic mass is 9.75. The molecule has 114 valence electrons. The van der Waals surface area contributed by atoms with Crippen LogP contribution in [0.4, 0.5) is 0 Å². The number of aromatic nitrogens is 2. The zero-order chi connectivity index (χ0) is 14.8. The smallest absolute Gasteiger partial charge is 0.108 e. The Balaban J connectivity index is 2.23. The minimum absolute atomic E-state index is 0.585. The van der Waals surface area contributed by atoms with Crippen LogP contribution in [0.2, 0.25) is 5.02 Å². The third-order valence-electron chi connectivity index (χ3n) is 4.40. The maximum atomic E-state index is 11.1. The molecular formula is C15H26ClN3O. The fourth-order valence-corrected chi connectivity index (χ4v) is 3.53. The van der Waals surface area contributed by atoms with Gasteiger partial charge in [0.25, 0.3) is 0 Å². The van der Waals surface area contributed by atoms with Crippen LogP contribution < -0.4 is 0 Å². The summed E-state index contributed by atoms with van der Waals surface area (Å²) < 4.78 is 1.89. The van der Waals surface area contributed by atoms with Crippen LogP contribution in [0.1, 0.15) is 44.7 Å². The number of aliphatic hydroxyl groups is 1. The van der Waals surface area contributed by atoms with E-state index in [4.69, 9.17) is 11.6 Å². The van der Waals surface area contributed by atoms with Gasteiger partial charge >= 0.3 is 0 Å². The van der Waals surface area contributed by atoms with Crippen LogP contribution >= 0.6 is 11.6 Å². The fourth-order valence-electron chi connectivity index (χ4n) is 3.22. The highest BCUT2D eigenvalue weighted by Gasteiger charge is 2.39. The van der Waals surface area contributed by atoms with Crippen molar-refractivity contribution in [1.29, 1.82) is 0 Å². The second-order valence-electron chi connectivity index (χ2n) is 6.27. The van der Waals surface area contributed by atoms with Gasteiger partial charge in [0.15, 0.2) is 0 Å². The second kappa shape index (κ2) is 6.46. The highest BCUT2D eigenvalue weighted by molar-refractivity contribution is 6.31. The van der Waals surface area contributed by atoms with E-state index in [0.29, 0.717) is 10.9 Å². The molecule has 1 N–H and O–H groups in total. The van der Waals surface area contributed by atoms with Crippen LogP contribution in [0.25, 0.3) is 0 Å². The molecular weight excluding hydrogens is 274 g/mol. The van der Waals surface area contributed by atoms with Crippen molar-refractivity contribution >= 4 is 11.6 Å². The average molecular weight is 300 g/mol. The molecule has 0 saturated heterocycles. The predicted octanol–water partition coefficient (Wildman–Crippen LogP) is 2.89. The van der Waals surface area contributed by atoms with Crippen molar-refractivity contribution in [3.63, 3.8) is 0 Å². The number of hydrogen-bond acceptors (Lipinski definition) is 3. The SMILES string of the molecule is CCC1CCCC(O)(c2c(Cl)cnn2CCN(C)C)C1. The molecule has 1 aliphatic carbocycles. The standard InChI is InChI=1S/C15H26ClN3O/c1-4-12-6-5-7-15(20,10-12)14-13(16)11-17-19(14)9-8-18(2)3/h11-12,20H,4-10H2,1-3H3. The van der Waals surface area contributed by atoms with Crippen LogP contribution in [-0.2, 0) is 12.1 Å². The van der Waals surface area contributed by atoms with E-state index in [2.05, 4.69) is 16.9 Å². The number of nitrogens with zero attached hydrogens (tertiary/aromatic N) is 3. The van der Waals surface area contributed by atoms with Crippen molar-refractivity contribution in [2.45, 2.75) is 51.2 Å². The van der Waals surface area contributed by atoms with Crippen molar-refractivity contribution < 1.29 is 5.11 Å². The van der Waals surface area contributed by atoms with E-state index in [-0.39, 0.29) is 0 Å². The first-order valence-corrected chi connectivity index (χ1v) is 7.93. The molecule has 0 radical (unpaired) electrons. The first-order valence-electron chi connectivity index (χ1n) is 7.55. The van der Waals surface area contributed by atoms with Gasteiger partial charge in [-0.25, -0.2) is 0 Å². The van der Waals surface area contributed by atoms with Crippen molar-refractivity contribution in [3.8, 4) is 0 Å². The molecule has 0 spiro atoms. The van der Waals surface area contributed by atoms with Crippen LogP contribution in [0.5, 0.6) is 0 Å². The number of halogens is 1. The van der Waals surface area contributed by atoms with E-state index >= 15 is 0 Å². The Morgan fingerprint density at radius 3 is 2.95 bits per heavy atom. The molecule has 2 atom stereocenters. The van der Waals surface area contributed by atoms with Crippen molar-refractivity contribution in [3.05, 3.63) is 16.9 Å².